The van der Waals surface area contributed by atoms with Crippen molar-refractivity contribution < 1.29 is 18.3 Å². The molecule has 2 aromatic carbocycles. The SMILES string of the molecule is CC12OC(=N)C(C#N)(C1c1ccccc1)C(C#N)(C#N)C(c1ccc(F)cc1F)O2. The van der Waals surface area contributed by atoms with E-state index in [1.54, 1.807) is 30.3 Å². The van der Waals surface area contributed by atoms with Gasteiger partial charge in [0.2, 0.25) is 17.1 Å². The van der Waals surface area contributed by atoms with Crippen molar-refractivity contribution in [1.82, 2.24) is 0 Å². The highest BCUT2D eigenvalue weighted by molar-refractivity contribution is 5.90. The van der Waals surface area contributed by atoms with Crippen molar-refractivity contribution in [1.29, 1.82) is 21.2 Å². The Hall–Kier alpha value is -3.80. The van der Waals surface area contributed by atoms with Crippen molar-refractivity contribution in [2.45, 2.75) is 24.7 Å². The van der Waals surface area contributed by atoms with Gasteiger partial charge in [0.05, 0.1) is 24.1 Å². The molecule has 4 atom stereocenters. The van der Waals surface area contributed by atoms with Gasteiger partial charge in [0, 0.05) is 18.6 Å². The van der Waals surface area contributed by atoms with Gasteiger partial charge in [-0.3, -0.25) is 5.41 Å². The van der Waals surface area contributed by atoms with Crippen LogP contribution in [0.3, 0.4) is 0 Å². The van der Waals surface area contributed by atoms with Gasteiger partial charge >= 0.3 is 0 Å². The standard InChI is InChI=1S/C22H14F2N4O2/c1-20-17(13-5-3-2-4-6-13)22(12-27,19(28)30-20)21(10-25,11-26)18(29-20)15-8-7-14(23)9-16(15)24/h2-9,17-18,28H,1H3. The van der Waals surface area contributed by atoms with Gasteiger partial charge in [-0.2, -0.15) is 15.8 Å². The van der Waals surface area contributed by atoms with Crippen molar-refractivity contribution in [3.63, 3.8) is 0 Å². The Morgan fingerprint density at radius 1 is 1.00 bits per heavy atom. The number of rotatable bonds is 2. The van der Waals surface area contributed by atoms with Crippen LogP contribution in [-0.4, -0.2) is 11.7 Å². The minimum Gasteiger partial charge on any atom is -0.447 e. The number of benzene rings is 2. The number of nitrogens with one attached hydrogen (secondary N) is 1. The molecule has 0 amide bonds. The average Bonchev–Trinajstić information content (AvgIpc) is 2.92. The van der Waals surface area contributed by atoms with E-state index in [0.717, 1.165) is 12.1 Å². The van der Waals surface area contributed by atoms with Gasteiger partial charge in [-0.15, -0.1) is 0 Å². The molecule has 6 nitrogen and oxygen atoms in total. The molecule has 2 aliphatic rings. The van der Waals surface area contributed by atoms with Gasteiger partial charge in [-0.1, -0.05) is 36.4 Å². The van der Waals surface area contributed by atoms with E-state index >= 15 is 0 Å². The molecule has 8 heteroatoms. The second-order valence-corrected chi connectivity index (χ2v) is 7.41. The minimum absolute atomic E-state index is 0.268. The fraction of sp³-hybridized carbons (Fsp3) is 0.273. The molecule has 4 rings (SSSR count). The van der Waals surface area contributed by atoms with Crippen molar-refractivity contribution >= 4 is 5.90 Å². The third-order valence-corrected chi connectivity index (χ3v) is 5.89. The van der Waals surface area contributed by atoms with Gasteiger partial charge < -0.3 is 9.47 Å². The van der Waals surface area contributed by atoms with Gasteiger partial charge in [-0.05, 0) is 11.6 Å². The topological polar surface area (TPSA) is 114 Å². The summed E-state index contributed by atoms with van der Waals surface area (Å²) in [5.74, 6) is -5.13. The molecule has 0 saturated carbocycles. The average molecular weight is 404 g/mol. The highest BCUT2D eigenvalue weighted by Crippen LogP contribution is 2.69. The minimum atomic E-state index is -2.34. The van der Waals surface area contributed by atoms with Crippen LogP contribution < -0.4 is 0 Å². The van der Waals surface area contributed by atoms with E-state index in [2.05, 4.69) is 0 Å². The maximum absolute atomic E-state index is 14.7. The van der Waals surface area contributed by atoms with E-state index in [0.29, 0.717) is 11.6 Å². The van der Waals surface area contributed by atoms with Crippen LogP contribution in [0.15, 0.2) is 48.5 Å². The van der Waals surface area contributed by atoms with Gasteiger partial charge in [-0.25, -0.2) is 8.78 Å². The molecule has 2 bridgehead atoms. The van der Waals surface area contributed by atoms with Crippen LogP contribution in [0.4, 0.5) is 8.78 Å². The fourth-order valence-corrected chi connectivity index (χ4v) is 4.63. The molecular weight excluding hydrogens is 390 g/mol. The van der Waals surface area contributed by atoms with E-state index in [9.17, 15) is 24.6 Å². The van der Waals surface area contributed by atoms with Crippen LogP contribution in [0.2, 0.25) is 0 Å². The lowest BCUT2D eigenvalue weighted by atomic mass is 9.52. The fourth-order valence-electron chi connectivity index (χ4n) is 4.63. The van der Waals surface area contributed by atoms with Gasteiger partial charge in [0.25, 0.3) is 0 Å². The van der Waals surface area contributed by atoms with Crippen LogP contribution in [-0.2, 0) is 9.47 Å². The first-order chi connectivity index (χ1) is 14.3. The molecule has 148 valence electrons. The summed E-state index contributed by atoms with van der Waals surface area (Å²) >= 11 is 0. The van der Waals surface area contributed by atoms with E-state index in [4.69, 9.17) is 14.9 Å². The number of halogens is 2. The van der Waals surface area contributed by atoms with Crippen LogP contribution in [0.25, 0.3) is 0 Å². The Bertz CT molecular complexity index is 1170. The van der Waals surface area contributed by atoms with E-state index < -0.39 is 46.2 Å². The summed E-state index contributed by atoms with van der Waals surface area (Å²) < 4.78 is 39.8. The number of hydrogen-bond donors (Lipinski definition) is 1. The second-order valence-electron chi connectivity index (χ2n) is 7.41. The monoisotopic (exact) mass is 404 g/mol. The van der Waals surface area contributed by atoms with Crippen molar-refractivity contribution in [3.05, 3.63) is 71.3 Å². The summed E-state index contributed by atoms with van der Waals surface area (Å²) in [7, 11) is 0. The predicted molar refractivity (Wildman–Crippen MR) is 98.3 cm³/mol. The summed E-state index contributed by atoms with van der Waals surface area (Å²) in [4.78, 5) is 0. The third-order valence-electron chi connectivity index (χ3n) is 5.89. The first kappa shape index (κ1) is 19.5. The number of hydrogen-bond acceptors (Lipinski definition) is 6. The van der Waals surface area contributed by atoms with Crippen molar-refractivity contribution in [2.75, 3.05) is 0 Å². The Morgan fingerprint density at radius 3 is 2.23 bits per heavy atom. The molecular formula is C22H14F2N4O2. The zero-order valence-electron chi connectivity index (χ0n) is 15.7. The van der Waals surface area contributed by atoms with Crippen LogP contribution in [0.5, 0.6) is 0 Å². The van der Waals surface area contributed by atoms with Crippen LogP contribution in [0.1, 0.15) is 30.1 Å². The van der Waals surface area contributed by atoms with Crippen LogP contribution in [0, 0.1) is 61.9 Å². The molecule has 0 aliphatic carbocycles. The maximum atomic E-state index is 14.7. The van der Waals surface area contributed by atoms with Gasteiger partial charge in [0.15, 0.2) is 5.41 Å². The molecule has 2 saturated heterocycles. The zero-order valence-corrected chi connectivity index (χ0v) is 15.7. The molecule has 0 aromatic heterocycles. The highest BCUT2D eigenvalue weighted by Gasteiger charge is 2.79. The van der Waals surface area contributed by atoms with E-state index in [-0.39, 0.29) is 5.56 Å². The number of ether oxygens (including phenoxy) is 2. The second kappa shape index (κ2) is 6.35. The highest BCUT2D eigenvalue weighted by atomic mass is 19.1. The largest absolute Gasteiger partial charge is 0.447 e. The predicted octanol–water partition coefficient (Wildman–Crippen LogP) is 4.09. The van der Waals surface area contributed by atoms with E-state index in [1.807, 2.05) is 18.2 Å². The first-order valence-electron chi connectivity index (χ1n) is 8.99. The van der Waals surface area contributed by atoms with Gasteiger partial charge in [0.1, 0.15) is 17.7 Å². The summed E-state index contributed by atoms with van der Waals surface area (Å²) in [5.41, 5.74) is -4.17. The molecule has 1 N–H and O–H groups in total. The third kappa shape index (κ3) is 2.19. The summed E-state index contributed by atoms with van der Waals surface area (Å²) in [5, 5.41) is 39.0. The Labute approximate surface area is 171 Å². The normalized spacial score (nSPS) is 31.1. The molecule has 30 heavy (non-hydrogen) atoms. The summed E-state index contributed by atoms with van der Waals surface area (Å²) in [6.07, 6.45) is -1.60. The Kier molecular flexibility index (Phi) is 4.13. The molecule has 2 aliphatic heterocycles. The number of fused-ring (bicyclic) bond motifs is 2. The molecule has 0 spiro atoms. The quantitative estimate of drug-likeness (QED) is 0.810. The summed E-state index contributed by atoms with van der Waals surface area (Å²) in [6.45, 7) is 1.48. The van der Waals surface area contributed by atoms with Crippen molar-refractivity contribution in [3.8, 4) is 18.2 Å². The van der Waals surface area contributed by atoms with Crippen LogP contribution >= 0.6 is 0 Å². The maximum Gasteiger partial charge on any atom is 0.218 e. The number of nitrogens with zero attached hydrogens (tertiary/aromatic N) is 3. The molecule has 4 unspecified atom stereocenters. The molecule has 0 radical (unpaired) electrons. The lowest BCUT2D eigenvalue weighted by molar-refractivity contribution is -0.254. The Morgan fingerprint density at radius 2 is 1.67 bits per heavy atom. The summed E-state index contributed by atoms with van der Waals surface area (Å²) in [6, 6.07) is 16.8. The lowest BCUT2D eigenvalue weighted by Gasteiger charge is -2.48. The lowest BCUT2D eigenvalue weighted by Crippen LogP contribution is -2.57. The Balaban J connectivity index is 2.05. The van der Waals surface area contributed by atoms with E-state index in [1.165, 1.54) is 6.92 Å². The van der Waals surface area contributed by atoms with Crippen molar-refractivity contribution in [2.24, 2.45) is 10.8 Å². The first-order valence-corrected chi connectivity index (χ1v) is 8.99. The molecule has 2 aromatic rings. The molecule has 2 fully saturated rings. The smallest absolute Gasteiger partial charge is 0.218 e. The zero-order chi connectivity index (χ0) is 21.7. The number of nitriles is 3. The molecule has 2 heterocycles.